The third-order valence-corrected chi connectivity index (χ3v) is 6.43. The molecule has 6 nitrogen and oxygen atoms in total. The average Bonchev–Trinajstić information content (AvgIpc) is 2.74. The van der Waals surface area contributed by atoms with Crippen molar-refractivity contribution in [3.8, 4) is 0 Å². The molecule has 7 heteroatoms. The van der Waals surface area contributed by atoms with Gasteiger partial charge in [0, 0.05) is 49.7 Å². The number of fused-ring (bicyclic) bond motifs is 1. The Labute approximate surface area is 175 Å². The fraction of sp³-hybridized carbons (Fsp3) is 0.364. The summed E-state index contributed by atoms with van der Waals surface area (Å²) in [7, 11) is 2.17. The second-order valence-corrected chi connectivity index (χ2v) is 8.64. The first-order valence-corrected chi connectivity index (χ1v) is 10.9. The number of hydrogen-bond acceptors (Lipinski definition) is 5. The number of piperazine rings is 1. The highest BCUT2D eigenvalue weighted by Gasteiger charge is 2.17. The van der Waals surface area contributed by atoms with Gasteiger partial charge in [0.2, 0.25) is 5.91 Å². The first-order chi connectivity index (χ1) is 14.1. The monoisotopic (exact) mass is 410 g/mol. The van der Waals surface area contributed by atoms with E-state index in [1.54, 1.807) is 12.1 Å². The van der Waals surface area contributed by atoms with Gasteiger partial charge in [-0.15, -0.1) is 11.8 Å². The highest BCUT2D eigenvalue weighted by molar-refractivity contribution is 8.00. The smallest absolute Gasteiger partial charge is 0.251 e. The number of likely N-dealkylation sites (N-methyl/N-ethyl adjacent to an activating group) is 1. The fourth-order valence-electron chi connectivity index (χ4n) is 3.54. The lowest BCUT2D eigenvalue weighted by Crippen LogP contribution is -2.43. The maximum atomic E-state index is 12.5. The molecule has 0 unspecified atom stereocenters. The van der Waals surface area contributed by atoms with Gasteiger partial charge in [0.1, 0.15) is 0 Å². The third-order valence-electron chi connectivity index (χ3n) is 5.35. The number of nitrogens with one attached hydrogen (secondary N) is 2. The Morgan fingerprint density at radius 3 is 2.55 bits per heavy atom. The summed E-state index contributed by atoms with van der Waals surface area (Å²) in [6, 6.07) is 13.9. The topological polar surface area (TPSA) is 64.7 Å². The van der Waals surface area contributed by atoms with E-state index in [2.05, 4.69) is 51.7 Å². The second kappa shape index (κ2) is 8.98. The van der Waals surface area contributed by atoms with Gasteiger partial charge in [-0.1, -0.05) is 24.3 Å². The molecule has 1 saturated heterocycles. The largest absolute Gasteiger partial charge is 0.348 e. The summed E-state index contributed by atoms with van der Waals surface area (Å²) in [5.41, 5.74) is 3.64. The predicted octanol–water partition coefficient (Wildman–Crippen LogP) is 2.41. The van der Waals surface area contributed by atoms with Crippen molar-refractivity contribution in [2.75, 3.05) is 44.3 Å². The number of nitrogens with zero attached hydrogens (tertiary/aromatic N) is 2. The maximum Gasteiger partial charge on any atom is 0.251 e. The van der Waals surface area contributed by atoms with Gasteiger partial charge in [-0.3, -0.25) is 14.5 Å². The van der Waals surface area contributed by atoms with Gasteiger partial charge in [0.15, 0.2) is 0 Å². The van der Waals surface area contributed by atoms with E-state index in [9.17, 15) is 9.59 Å². The Morgan fingerprint density at radius 2 is 1.79 bits per heavy atom. The Balaban J connectivity index is 1.30. The molecule has 2 amide bonds. The van der Waals surface area contributed by atoms with Crippen LogP contribution in [0.2, 0.25) is 0 Å². The van der Waals surface area contributed by atoms with E-state index in [1.165, 1.54) is 17.3 Å². The molecular weight excluding hydrogens is 384 g/mol. The van der Waals surface area contributed by atoms with Crippen molar-refractivity contribution in [3.05, 3.63) is 59.2 Å². The van der Waals surface area contributed by atoms with Crippen LogP contribution < -0.4 is 10.6 Å². The molecule has 2 aromatic rings. The van der Waals surface area contributed by atoms with Crippen molar-refractivity contribution < 1.29 is 9.59 Å². The van der Waals surface area contributed by atoms with Crippen LogP contribution in [-0.2, 0) is 17.9 Å². The van der Waals surface area contributed by atoms with Gasteiger partial charge in [0.05, 0.1) is 11.4 Å². The maximum absolute atomic E-state index is 12.5. The zero-order valence-corrected chi connectivity index (χ0v) is 17.4. The summed E-state index contributed by atoms with van der Waals surface area (Å²) in [6.07, 6.45) is 0. The summed E-state index contributed by atoms with van der Waals surface area (Å²) >= 11 is 1.49. The molecule has 2 aliphatic rings. The van der Waals surface area contributed by atoms with Crippen LogP contribution in [-0.4, -0.2) is 60.6 Å². The molecular formula is C22H26N4O2S. The van der Waals surface area contributed by atoms with Gasteiger partial charge in [-0.2, -0.15) is 0 Å². The number of thioether (sulfide) groups is 1. The molecule has 29 heavy (non-hydrogen) atoms. The normalized spacial score (nSPS) is 17.5. The van der Waals surface area contributed by atoms with E-state index < -0.39 is 0 Å². The highest BCUT2D eigenvalue weighted by atomic mass is 32.2. The van der Waals surface area contributed by atoms with Gasteiger partial charge in [-0.05, 0) is 36.4 Å². The van der Waals surface area contributed by atoms with Crippen LogP contribution in [0.4, 0.5) is 5.69 Å². The summed E-state index contributed by atoms with van der Waals surface area (Å²) in [4.78, 5) is 29.9. The summed E-state index contributed by atoms with van der Waals surface area (Å²) < 4.78 is 0. The number of carbonyl (C=O) groups excluding carboxylic acids is 2. The summed E-state index contributed by atoms with van der Waals surface area (Å²) in [5.74, 6) is 0.249. The van der Waals surface area contributed by atoms with E-state index in [0.717, 1.165) is 43.2 Å². The van der Waals surface area contributed by atoms with Crippen molar-refractivity contribution in [1.29, 1.82) is 0 Å². The molecule has 2 aromatic carbocycles. The number of benzene rings is 2. The van der Waals surface area contributed by atoms with Crippen LogP contribution in [0.5, 0.6) is 0 Å². The standard InChI is InChI=1S/C22H26N4O2S/c1-25-8-10-26(11-9-25)14-17-4-2-16(3-5-17)13-23-22(28)18-6-7-20-19(12-18)24-21(27)15-29-20/h2-7,12H,8-11,13-15H2,1H3,(H,23,28)(H,24,27). The highest BCUT2D eigenvalue weighted by Crippen LogP contribution is 2.31. The minimum Gasteiger partial charge on any atom is -0.348 e. The molecule has 1 fully saturated rings. The third kappa shape index (κ3) is 5.18. The van der Waals surface area contributed by atoms with Gasteiger partial charge in [0.25, 0.3) is 5.91 Å². The molecule has 0 aromatic heterocycles. The molecule has 152 valence electrons. The molecule has 2 heterocycles. The lowest BCUT2D eigenvalue weighted by atomic mass is 10.1. The summed E-state index contributed by atoms with van der Waals surface area (Å²) in [6.45, 7) is 5.90. The van der Waals surface area contributed by atoms with Gasteiger partial charge in [-0.25, -0.2) is 0 Å². The van der Waals surface area contributed by atoms with E-state index in [1.807, 2.05) is 6.07 Å². The van der Waals surface area contributed by atoms with E-state index in [-0.39, 0.29) is 11.8 Å². The Morgan fingerprint density at radius 1 is 1.07 bits per heavy atom. The Bertz CT molecular complexity index is 892. The van der Waals surface area contributed by atoms with Crippen LogP contribution in [0.3, 0.4) is 0 Å². The van der Waals surface area contributed by atoms with E-state index in [4.69, 9.17) is 0 Å². The van der Waals surface area contributed by atoms with Crippen LogP contribution in [0.25, 0.3) is 0 Å². The molecule has 0 radical (unpaired) electrons. The molecule has 2 N–H and O–H groups in total. The van der Waals surface area contributed by atoms with Crippen molar-refractivity contribution in [2.24, 2.45) is 0 Å². The zero-order chi connectivity index (χ0) is 20.2. The first kappa shape index (κ1) is 19.9. The quantitative estimate of drug-likeness (QED) is 0.793. The predicted molar refractivity (Wildman–Crippen MR) is 116 cm³/mol. The van der Waals surface area contributed by atoms with Crippen LogP contribution >= 0.6 is 11.8 Å². The van der Waals surface area contributed by atoms with E-state index in [0.29, 0.717) is 23.5 Å². The fourth-order valence-corrected chi connectivity index (χ4v) is 4.32. The average molecular weight is 411 g/mol. The SMILES string of the molecule is CN1CCN(Cc2ccc(CNC(=O)c3ccc4c(c3)NC(=O)CS4)cc2)CC1. The van der Waals surface area contributed by atoms with Gasteiger partial charge >= 0.3 is 0 Å². The molecule has 4 rings (SSSR count). The second-order valence-electron chi connectivity index (χ2n) is 7.63. The molecule has 0 spiro atoms. The van der Waals surface area contributed by atoms with Crippen molar-refractivity contribution >= 4 is 29.3 Å². The lowest BCUT2D eigenvalue weighted by Gasteiger charge is -2.32. The molecule has 0 saturated carbocycles. The van der Waals surface area contributed by atoms with Crippen molar-refractivity contribution in [2.45, 2.75) is 18.0 Å². The number of anilines is 1. The van der Waals surface area contributed by atoms with Crippen LogP contribution in [0, 0.1) is 0 Å². The summed E-state index contributed by atoms with van der Waals surface area (Å²) in [5, 5.41) is 5.79. The molecule has 0 aliphatic carbocycles. The number of rotatable bonds is 5. The lowest BCUT2D eigenvalue weighted by molar-refractivity contribution is -0.113. The zero-order valence-electron chi connectivity index (χ0n) is 16.6. The molecule has 0 atom stereocenters. The van der Waals surface area contributed by atoms with Crippen molar-refractivity contribution in [3.63, 3.8) is 0 Å². The Kier molecular flexibility index (Phi) is 6.18. The minimum atomic E-state index is -0.140. The number of carbonyl (C=O) groups is 2. The molecule has 2 aliphatic heterocycles. The van der Waals surface area contributed by atoms with E-state index >= 15 is 0 Å². The van der Waals surface area contributed by atoms with Crippen molar-refractivity contribution in [1.82, 2.24) is 15.1 Å². The number of hydrogen-bond donors (Lipinski definition) is 2. The minimum absolute atomic E-state index is 0.0308. The molecule has 0 bridgehead atoms. The van der Waals surface area contributed by atoms with Crippen LogP contribution in [0.1, 0.15) is 21.5 Å². The number of amides is 2. The first-order valence-electron chi connectivity index (χ1n) is 9.90. The Hall–Kier alpha value is -2.35. The van der Waals surface area contributed by atoms with Gasteiger partial charge < -0.3 is 15.5 Å². The van der Waals surface area contributed by atoms with Crippen LogP contribution in [0.15, 0.2) is 47.4 Å².